The van der Waals surface area contributed by atoms with E-state index in [2.05, 4.69) is 5.32 Å². The summed E-state index contributed by atoms with van der Waals surface area (Å²) in [4.78, 5) is 21.6. The van der Waals surface area contributed by atoms with Gasteiger partial charge in [0.15, 0.2) is 0 Å². The molecule has 4 N–H and O–H groups in total. The monoisotopic (exact) mass is 251 g/mol. The maximum Gasteiger partial charge on any atom is 0.306 e. The Hall–Kier alpha value is -1.92. The second kappa shape index (κ2) is 4.75. The Bertz CT molecular complexity index is 499. The number of hydrogen-bond acceptors (Lipinski definition) is 4. The van der Waals surface area contributed by atoms with E-state index in [4.69, 9.17) is 5.11 Å². The molecule has 1 aliphatic heterocycles. The number of carbonyl (C=O) groups excluding carboxylic acids is 1. The molecule has 18 heavy (non-hydrogen) atoms. The number of anilines is 1. The number of carboxylic acid groups (broad SMARTS) is 1. The minimum Gasteiger partial charge on any atom is -0.481 e. The Labute approximate surface area is 103 Å². The first-order valence-corrected chi connectivity index (χ1v) is 5.48. The van der Waals surface area contributed by atoms with Crippen LogP contribution in [0.5, 0.6) is 0 Å². The molecule has 1 aromatic carbocycles. The molecule has 96 valence electrons. The molecule has 1 heterocycles. The van der Waals surface area contributed by atoms with E-state index in [1.165, 1.54) is 0 Å². The molecule has 6 nitrogen and oxygen atoms in total. The Morgan fingerprint density at radius 1 is 1.39 bits per heavy atom. The second-order valence-electron chi connectivity index (χ2n) is 4.25. The van der Waals surface area contributed by atoms with E-state index in [1.807, 2.05) is 0 Å². The first kappa shape index (κ1) is 12.5. The summed E-state index contributed by atoms with van der Waals surface area (Å²) in [5.74, 6) is -1.30. The zero-order chi connectivity index (χ0) is 13.3. The smallest absolute Gasteiger partial charge is 0.306 e. The molecule has 0 aliphatic carbocycles. The highest BCUT2D eigenvalue weighted by atomic mass is 16.4. The van der Waals surface area contributed by atoms with Crippen molar-refractivity contribution in [3.8, 4) is 0 Å². The molecular weight excluding hydrogens is 238 g/mol. The van der Waals surface area contributed by atoms with E-state index >= 15 is 0 Å². The highest BCUT2D eigenvalue weighted by Crippen LogP contribution is 2.28. The number of carboxylic acids is 1. The molecule has 0 saturated heterocycles. The van der Waals surface area contributed by atoms with E-state index < -0.39 is 24.6 Å². The SMILES string of the molecule is O=C(O)CC(O)C(O)c1ccc2c(c1)CC(=O)N2. The number of carbonyl (C=O) groups is 2. The third kappa shape index (κ3) is 2.49. The number of aliphatic hydroxyl groups excluding tert-OH is 2. The summed E-state index contributed by atoms with van der Waals surface area (Å²) in [6.07, 6.45) is -2.95. The number of nitrogens with one attached hydrogen (secondary N) is 1. The standard InChI is InChI=1S/C12H13NO5/c14-9(5-11(16)17)12(18)6-1-2-8-7(3-6)4-10(15)13-8/h1-3,9,12,14,18H,4-5H2,(H,13,15)(H,16,17). The lowest BCUT2D eigenvalue weighted by molar-refractivity contribution is -0.141. The zero-order valence-corrected chi connectivity index (χ0v) is 9.46. The van der Waals surface area contributed by atoms with Crippen LogP contribution in [0.1, 0.15) is 23.7 Å². The van der Waals surface area contributed by atoms with Gasteiger partial charge in [0.1, 0.15) is 6.10 Å². The maximum absolute atomic E-state index is 11.2. The van der Waals surface area contributed by atoms with Crippen LogP contribution in [-0.2, 0) is 16.0 Å². The average Bonchev–Trinajstić information content (AvgIpc) is 2.65. The number of hydrogen-bond donors (Lipinski definition) is 4. The van der Waals surface area contributed by atoms with Crippen LogP contribution in [0.4, 0.5) is 5.69 Å². The van der Waals surface area contributed by atoms with E-state index in [-0.39, 0.29) is 12.3 Å². The fourth-order valence-corrected chi connectivity index (χ4v) is 1.95. The predicted molar refractivity (Wildman–Crippen MR) is 62.0 cm³/mol. The van der Waals surface area contributed by atoms with Crippen molar-refractivity contribution in [2.24, 2.45) is 0 Å². The van der Waals surface area contributed by atoms with Gasteiger partial charge >= 0.3 is 5.97 Å². The van der Waals surface area contributed by atoms with Crippen molar-refractivity contribution in [2.75, 3.05) is 5.32 Å². The van der Waals surface area contributed by atoms with Crippen LogP contribution in [0.2, 0.25) is 0 Å². The van der Waals surface area contributed by atoms with Gasteiger partial charge in [0.05, 0.1) is 18.9 Å². The second-order valence-corrected chi connectivity index (χ2v) is 4.25. The van der Waals surface area contributed by atoms with Crippen LogP contribution in [0.25, 0.3) is 0 Å². The maximum atomic E-state index is 11.2. The number of benzene rings is 1. The van der Waals surface area contributed by atoms with Crippen molar-refractivity contribution in [2.45, 2.75) is 25.0 Å². The lowest BCUT2D eigenvalue weighted by atomic mass is 9.99. The number of amides is 1. The molecule has 2 rings (SSSR count). The molecule has 0 radical (unpaired) electrons. The van der Waals surface area contributed by atoms with Gasteiger partial charge in [-0.25, -0.2) is 0 Å². The third-order valence-electron chi connectivity index (χ3n) is 2.84. The van der Waals surface area contributed by atoms with Crippen molar-refractivity contribution >= 4 is 17.6 Å². The lowest BCUT2D eigenvalue weighted by Gasteiger charge is -2.17. The van der Waals surface area contributed by atoms with Crippen LogP contribution in [-0.4, -0.2) is 33.3 Å². The summed E-state index contributed by atoms with van der Waals surface area (Å²) in [7, 11) is 0. The molecule has 0 bridgehead atoms. The van der Waals surface area contributed by atoms with Crippen molar-refractivity contribution < 1.29 is 24.9 Å². The minimum absolute atomic E-state index is 0.122. The molecule has 1 aliphatic rings. The van der Waals surface area contributed by atoms with E-state index in [0.29, 0.717) is 11.3 Å². The average molecular weight is 251 g/mol. The molecule has 1 amide bonds. The largest absolute Gasteiger partial charge is 0.481 e. The number of fused-ring (bicyclic) bond motifs is 1. The van der Waals surface area contributed by atoms with Crippen molar-refractivity contribution in [1.29, 1.82) is 0 Å². The Balaban J connectivity index is 2.17. The van der Waals surface area contributed by atoms with Crippen LogP contribution in [0.3, 0.4) is 0 Å². The third-order valence-corrected chi connectivity index (χ3v) is 2.84. The topological polar surface area (TPSA) is 107 Å². The highest BCUT2D eigenvalue weighted by molar-refractivity contribution is 5.99. The molecule has 0 aromatic heterocycles. The molecule has 0 fully saturated rings. The Kier molecular flexibility index (Phi) is 3.31. The van der Waals surface area contributed by atoms with Crippen molar-refractivity contribution in [1.82, 2.24) is 0 Å². The summed E-state index contributed by atoms with van der Waals surface area (Å²) < 4.78 is 0. The lowest BCUT2D eigenvalue weighted by Crippen LogP contribution is -2.21. The molecule has 0 saturated carbocycles. The van der Waals surface area contributed by atoms with E-state index in [1.54, 1.807) is 18.2 Å². The summed E-state index contributed by atoms with van der Waals surface area (Å²) in [5, 5.41) is 30.5. The summed E-state index contributed by atoms with van der Waals surface area (Å²) in [5.41, 5.74) is 1.82. The van der Waals surface area contributed by atoms with E-state index in [9.17, 15) is 19.8 Å². The molecular formula is C12H13NO5. The van der Waals surface area contributed by atoms with E-state index in [0.717, 1.165) is 5.56 Å². The fraction of sp³-hybridized carbons (Fsp3) is 0.333. The van der Waals surface area contributed by atoms with Crippen LogP contribution < -0.4 is 5.32 Å². The molecule has 2 unspecified atom stereocenters. The van der Waals surface area contributed by atoms with Gasteiger partial charge < -0.3 is 20.6 Å². The first-order chi connectivity index (χ1) is 8.47. The van der Waals surface area contributed by atoms with Crippen LogP contribution in [0, 0.1) is 0 Å². The van der Waals surface area contributed by atoms with Gasteiger partial charge in [-0.1, -0.05) is 12.1 Å². The number of aliphatic hydroxyl groups is 2. The number of aliphatic carboxylic acids is 1. The predicted octanol–water partition coefficient (Wildman–Crippen LogP) is 0.0502. The van der Waals surface area contributed by atoms with Gasteiger partial charge in [0.2, 0.25) is 5.91 Å². The van der Waals surface area contributed by atoms with Crippen molar-refractivity contribution in [3.63, 3.8) is 0 Å². The molecule has 1 aromatic rings. The van der Waals surface area contributed by atoms with Gasteiger partial charge in [-0.15, -0.1) is 0 Å². The molecule has 6 heteroatoms. The zero-order valence-electron chi connectivity index (χ0n) is 9.46. The van der Waals surface area contributed by atoms with Gasteiger partial charge in [0, 0.05) is 5.69 Å². The highest BCUT2D eigenvalue weighted by Gasteiger charge is 2.24. The van der Waals surface area contributed by atoms with Gasteiger partial charge in [-0.05, 0) is 17.2 Å². The molecule has 0 spiro atoms. The number of rotatable bonds is 4. The minimum atomic E-state index is -1.37. The summed E-state index contributed by atoms with van der Waals surface area (Å²) in [6, 6.07) is 4.79. The van der Waals surface area contributed by atoms with Gasteiger partial charge in [0.25, 0.3) is 0 Å². The normalized spacial score (nSPS) is 16.9. The Morgan fingerprint density at radius 3 is 2.78 bits per heavy atom. The first-order valence-electron chi connectivity index (χ1n) is 5.48. The van der Waals surface area contributed by atoms with Gasteiger partial charge in [-0.2, -0.15) is 0 Å². The van der Waals surface area contributed by atoms with Gasteiger partial charge in [-0.3, -0.25) is 9.59 Å². The van der Waals surface area contributed by atoms with Crippen LogP contribution >= 0.6 is 0 Å². The quantitative estimate of drug-likeness (QED) is 0.605. The summed E-state index contributed by atoms with van der Waals surface area (Å²) >= 11 is 0. The summed E-state index contributed by atoms with van der Waals surface area (Å²) in [6.45, 7) is 0. The Morgan fingerprint density at radius 2 is 2.11 bits per heavy atom. The fourth-order valence-electron chi connectivity index (χ4n) is 1.95. The van der Waals surface area contributed by atoms with Crippen molar-refractivity contribution in [3.05, 3.63) is 29.3 Å². The van der Waals surface area contributed by atoms with Crippen LogP contribution in [0.15, 0.2) is 18.2 Å². The molecule has 2 atom stereocenters.